The number of phenolic OH excluding ortho intramolecular Hbond substituents is 29. The average Bonchev–Trinajstić information content (AvgIpc) is 1.04. The average molecular weight is 1870 g/mol. The highest BCUT2D eigenvalue weighted by Crippen LogP contribution is 2.59. The SMILES string of the molecule is O=C(O[C@H]1O[C@@H]2COC(=O)c3cc(O)c(O)c(O)c3-c3c(cc(O)c(O)c3O)C(=O)O[C@H]2[C@H](OC(=O)c2cc(O)c(O)c(O)c2)[C@H]1OC(=O)c1ccc(O)c(O)c1O)c1cc(O)c(O)c(Oc2c(C(=O)O[C@H]3O[C@@H]4COC(=O)c5cc(O)c(O)c(O)c5-c5c(cc(O)c(O)c5O)C(=O)O[C@H]4[C@H]4OC(=O)c5cc(O)c(O)c(O)c5-c5c(cc(O)c(O)c5O)C(=O)O[C@@H]34)cc(O)c(O)c2O)c1. The third-order valence-electron chi connectivity index (χ3n) is 21.0. The number of aromatic hydroxyl groups is 29. The van der Waals surface area contributed by atoms with E-state index in [4.69, 9.17) is 61.6 Å². The molecular formula is C82H56O52. The molecule has 29 N–H and O–H groups in total. The van der Waals surface area contributed by atoms with Gasteiger partial charge in [-0.1, -0.05) is 0 Å². The van der Waals surface area contributed by atoms with Crippen molar-refractivity contribution < 1.29 is 258 Å². The highest BCUT2D eigenvalue weighted by molar-refractivity contribution is 6.12. The van der Waals surface area contributed by atoms with E-state index < -0.39 is 402 Å². The van der Waals surface area contributed by atoms with Crippen LogP contribution in [0.15, 0.2) is 78.9 Å². The molecule has 5 heterocycles. The molecule has 5 aliphatic rings. The second-order valence-corrected chi connectivity index (χ2v) is 29.0. The number of rotatable bonds is 10. The summed E-state index contributed by atoms with van der Waals surface area (Å²) < 4.78 is 74.4. The molecule has 2 saturated heterocycles. The van der Waals surface area contributed by atoms with E-state index in [1.807, 2.05) is 0 Å². The number of benzene rings is 10. The van der Waals surface area contributed by atoms with Crippen molar-refractivity contribution in [1.82, 2.24) is 0 Å². The molecule has 134 heavy (non-hydrogen) atoms. The Labute approximate surface area is 735 Å². The van der Waals surface area contributed by atoms with E-state index in [0.29, 0.717) is 36.4 Å². The van der Waals surface area contributed by atoms with Crippen molar-refractivity contribution in [2.75, 3.05) is 13.2 Å². The first kappa shape index (κ1) is 89.6. The van der Waals surface area contributed by atoms with Gasteiger partial charge in [-0.3, -0.25) is 0 Å². The fourth-order valence-corrected chi connectivity index (χ4v) is 14.5. The van der Waals surface area contributed by atoms with Crippen LogP contribution >= 0.6 is 0 Å². The molecule has 2 fully saturated rings. The maximum Gasteiger partial charge on any atom is 0.344 e. The van der Waals surface area contributed by atoms with Crippen LogP contribution in [0.25, 0.3) is 33.4 Å². The van der Waals surface area contributed by atoms with Crippen LogP contribution in [0.4, 0.5) is 0 Å². The lowest BCUT2D eigenvalue weighted by molar-refractivity contribution is -0.283. The summed E-state index contributed by atoms with van der Waals surface area (Å²) in [5.74, 6) is -67.3. The molecular weight excluding hydrogens is 1820 g/mol. The lowest BCUT2D eigenvalue weighted by Gasteiger charge is -2.44. The topological polar surface area (TPSA) is 877 Å². The summed E-state index contributed by atoms with van der Waals surface area (Å²) in [5, 5.41) is 319. The van der Waals surface area contributed by atoms with Crippen molar-refractivity contribution in [2.24, 2.45) is 0 Å². The van der Waals surface area contributed by atoms with Crippen LogP contribution in [-0.4, -0.2) is 282 Å². The van der Waals surface area contributed by atoms with Crippen molar-refractivity contribution in [3.05, 3.63) is 134 Å². The van der Waals surface area contributed by atoms with Gasteiger partial charge in [0.15, 0.2) is 145 Å². The van der Waals surface area contributed by atoms with Crippen LogP contribution in [0.2, 0.25) is 0 Å². The van der Waals surface area contributed by atoms with E-state index in [-0.39, 0.29) is 42.5 Å². The quantitative estimate of drug-likeness (QED) is 0.0527. The molecule has 10 atom stereocenters. The van der Waals surface area contributed by atoms with Gasteiger partial charge in [-0.05, 0) is 72.8 Å². The number of phenols is 29. The molecule has 52 nitrogen and oxygen atoms in total. The molecule has 15 rings (SSSR count). The molecule has 10 aromatic rings. The fraction of sp³-hybridized carbons (Fsp3) is 0.146. The van der Waals surface area contributed by atoms with Gasteiger partial charge in [-0.25, -0.2) is 47.9 Å². The van der Waals surface area contributed by atoms with Crippen LogP contribution in [0.1, 0.15) is 104 Å². The first-order valence-corrected chi connectivity index (χ1v) is 37.1. The lowest BCUT2D eigenvalue weighted by atomic mass is 9.91. The summed E-state index contributed by atoms with van der Waals surface area (Å²) in [6.45, 7) is -3.13. The number of carbonyl (C=O) groups excluding carboxylic acids is 10. The largest absolute Gasteiger partial charge is 0.504 e. The summed E-state index contributed by atoms with van der Waals surface area (Å²) in [5.41, 5.74) is -20.3. The van der Waals surface area contributed by atoms with Crippen molar-refractivity contribution >= 4 is 59.7 Å². The molecule has 0 saturated carbocycles. The zero-order chi connectivity index (χ0) is 97.5. The van der Waals surface area contributed by atoms with Crippen LogP contribution in [0, 0.1) is 0 Å². The van der Waals surface area contributed by atoms with Crippen molar-refractivity contribution in [2.45, 2.75) is 61.4 Å². The smallest absolute Gasteiger partial charge is 0.344 e. The molecule has 696 valence electrons. The Morgan fingerprint density at radius 2 is 0.560 bits per heavy atom. The highest BCUT2D eigenvalue weighted by atomic mass is 16.8. The van der Waals surface area contributed by atoms with Crippen LogP contribution in [0.5, 0.6) is 178 Å². The molecule has 0 aromatic heterocycles. The van der Waals surface area contributed by atoms with Gasteiger partial charge >= 0.3 is 59.7 Å². The number of cyclic esters (lactones) is 2. The number of ether oxygens (including phenoxy) is 13. The lowest BCUT2D eigenvalue weighted by Crippen LogP contribution is -2.63. The third kappa shape index (κ3) is 14.9. The summed E-state index contributed by atoms with van der Waals surface area (Å²) in [6, 6.07) is 4.15. The van der Waals surface area contributed by atoms with Crippen LogP contribution in [0.3, 0.4) is 0 Å². The molecule has 5 aliphatic heterocycles. The van der Waals surface area contributed by atoms with E-state index in [9.17, 15) is 172 Å². The second kappa shape index (κ2) is 32.9. The zero-order valence-electron chi connectivity index (χ0n) is 65.6. The van der Waals surface area contributed by atoms with E-state index in [1.54, 1.807) is 0 Å². The van der Waals surface area contributed by atoms with Crippen molar-refractivity contribution in [3.63, 3.8) is 0 Å². The number of hydrogen-bond acceptors (Lipinski definition) is 52. The van der Waals surface area contributed by atoms with Gasteiger partial charge in [0.1, 0.15) is 36.5 Å². The van der Waals surface area contributed by atoms with E-state index in [0.717, 1.165) is 0 Å². The van der Waals surface area contributed by atoms with Gasteiger partial charge in [0, 0.05) is 39.4 Å². The van der Waals surface area contributed by atoms with Gasteiger partial charge in [0.25, 0.3) is 0 Å². The predicted octanol–water partition coefficient (Wildman–Crippen LogP) is 3.71. The minimum Gasteiger partial charge on any atom is -0.504 e. The minimum absolute atomic E-state index is 0.107. The van der Waals surface area contributed by atoms with E-state index in [2.05, 4.69) is 0 Å². The van der Waals surface area contributed by atoms with Crippen molar-refractivity contribution in [1.29, 1.82) is 0 Å². The second-order valence-electron chi connectivity index (χ2n) is 29.0. The zero-order valence-corrected chi connectivity index (χ0v) is 65.6. The summed E-state index contributed by atoms with van der Waals surface area (Å²) in [7, 11) is 0. The monoisotopic (exact) mass is 1870 g/mol. The molecule has 0 spiro atoms. The Bertz CT molecular complexity index is 6840. The first-order chi connectivity index (χ1) is 63.1. The van der Waals surface area contributed by atoms with Gasteiger partial charge in [0.05, 0.1) is 44.5 Å². The van der Waals surface area contributed by atoms with Crippen molar-refractivity contribution in [3.8, 4) is 212 Å². The number of hydrogen-bond donors (Lipinski definition) is 29. The first-order valence-electron chi connectivity index (χ1n) is 37.1. The molecule has 0 radical (unpaired) electrons. The molecule has 0 unspecified atom stereocenters. The minimum atomic E-state index is -3.09. The summed E-state index contributed by atoms with van der Waals surface area (Å²) >= 11 is 0. The molecule has 0 aliphatic carbocycles. The normalized spacial score (nSPS) is 19.6. The number of fused-ring (bicyclic) bond motifs is 13. The Morgan fingerprint density at radius 3 is 0.985 bits per heavy atom. The van der Waals surface area contributed by atoms with Gasteiger partial charge in [-0.15, -0.1) is 0 Å². The van der Waals surface area contributed by atoms with Gasteiger partial charge < -0.3 is 210 Å². The Hall–Kier alpha value is -19.2. The fourth-order valence-electron chi connectivity index (χ4n) is 14.5. The summed E-state index contributed by atoms with van der Waals surface area (Å²) in [6.07, 6.45) is -28.6. The third-order valence-corrected chi connectivity index (χ3v) is 21.0. The van der Waals surface area contributed by atoms with E-state index >= 15 is 24.0 Å². The van der Waals surface area contributed by atoms with Crippen LogP contribution in [-0.2, 0) is 56.8 Å². The Balaban J connectivity index is 0.840. The maximum atomic E-state index is 15.4. The predicted molar refractivity (Wildman–Crippen MR) is 414 cm³/mol. The molecule has 0 bridgehead atoms. The van der Waals surface area contributed by atoms with Gasteiger partial charge in [-0.2, -0.15) is 0 Å². The molecule has 10 aromatic carbocycles. The van der Waals surface area contributed by atoms with E-state index in [1.165, 1.54) is 0 Å². The molecule has 52 heteroatoms. The standard InChI is InChI=1S/C82H56O52/c83-26-2-1-18(46(94)49(26)97)75(116)131-69-67(129-71(112)16-3-27(84)47(95)28(85)4-16)65-38(14-122-73(114)19-7-30(87)50(98)57(105)40(19)42-21(76(117)127-65)9-32(89)52(100)59(42)107)125-81(69)133-72(113)17-5-29(86)48(96)37(6-17)124-64-25(13-36(93)56(104)63(64)111)80(121)134-82-70-68(130-78(119)23-11-34(91)54(102)61(109)44(23)45-24(79(120)132-70)12-35(92)55(103)62(45)110)66-39(126-82)15-123-74(115)20-8-31(88)51(99)58(106)41(20)43-22(77(118)128-66)10-33(90)53(101)60(43)108/h1-13,38-39,65-70,81-111H,14-15H2/t38-,39-,65-,66-,67+,68-,69-,70-,81-,82-/m1/s1. The molecule has 0 amide bonds. The summed E-state index contributed by atoms with van der Waals surface area (Å²) in [4.78, 5) is 149. The Morgan fingerprint density at radius 1 is 0.254 bits per heavy atom. The Kier molecular flexibility index (Phi) is 22.0. The number of carbonyl (C=O) groups is 10. The highest BCUT2D eigenvalue weighted by Gasteiger charge is 2.59. The number of esters is 10. The maximum absolute atomic E-state index is 15.4. The van der Waals surface area contributed by atoms with Gasteiger partial charge in [0.2, 0.25) is 82.3 Å². The van der Waals surface area contributed by atoms with Crippen LogP contribution < -0.4 is 4.74 Å².